The smallest absolute Gasteiger partial charge is 0.249 e. The van der Waals surface area contributed by atoms with Crippen LogP contribution < -0.4 is 16.0 Å². The molecule has 1 saturated carbocycles. The standard InChI is InChI=1S/C17H21F2N3O2.ClH/c18-12-5-2-6-13(19)15(12)22-8-7-14(17(22)24)21-16(23)10-3-1-4-11(20)9-10;/h2,5-6,10-11,14H,1,3-4,7-9,20H2,(H,21,23);1H. The molecule has 1 aliphatic carbocycles. The summed E-state index contributed by atoms with van der Waals surface area (Å²) in [6, 6.07) is 2.75. The number of hydrogen-bond donors (Lipinski definition) is 2. The Kier molecular flexibility index (Phi) is 6.35. The molecule has 0 spiro atoms. The van der Waals surface area contributed by atoms with Crippen LogP contribution in [0.3, 0.4) is 0 Å². The van der Waals surface area contributed by atoms with E-state index in [1.54, 1.807) is 0 Å². The van der Waals surface area contributed by atoms with E-state index in [9.17, 15) is 18.4 Å². The molecule has 0 bridgehead atoms. The first-order chi connectivity index (χ1) is 11.5. The normalized spacial score (nSPS) is 26.3. The molecule has 2 amide bonds. The number of amides is 2. The highest BCUT2D eigenvalue weighted by molar-refractivity contribution is 6.01. The second kappa shape index (κ2) is 8.10. The third-order valence-corrected chi connectivity index (χ3v) is 4.82. The summed E-state index contributed by atoms with van der Waals surface area (Å²) in [7, 11) is 0. The molecule has 0 radical (unpaired) electrons. The zero-order valence-electron chi connectivity index (χ0n) is 13.7. The Hall–Kier alpha value is -1.73. The fraction of sp³-hybridized carbons (Fsp3) is 0.529. The van der Waals surface area contributed by atoms with Crippen LogP contribution in [0.1, 0.15) is 32.1 Å². The van der Waals surface area contributed by atoms with Crippen LogP contribution >= 0.6 is 12.4 Å². The largest absolute Gasteiger partial charge is 0.344 e. The molecule has 2 aliphatic rings. The minimum atomic E-state index is -0.784. The number of carbonyl (C=O) groups is 2. The highest BCUT2D eigenvalue weighted by Gasteiger charge is 2.37. The van der Waals surface area contributed by atoms with Crippen LogP contribution in [0.4, 0.5) is 14.5 Å². The van der Waals surface area contributed by atoms with Crippen molar-refractivity contribution in [3.8, 4) is 0 Å². The lowest BCUT2D eigenvalue weighted by Gasteiger charge is -2.26. The van der Waals surface area contributed by atoms with E-state index in [-0.39, 0.29) is 42.5 Å². The fourth-order valence-corrected chi connectivity index (χ4v) is 3.54. The van der Waals surface area contributed by atoms with Gasteiger partial charge < -0.3 is 16.0 Å². The second-order valence-electron chi connectivity index (χ2n) is 6.53. The molecule has 3 unspecified atom stereocenters. The Balaban J connectivity index is 0.00000225. The van der Waals surface area contributed by atoms with Crippen molar-refractivity contribution < 1.29 is 18.4 Å². The third-order valence-electron chi connectivity index (χ3n) is 4.82. The van der Waals surface area contributed by atoms with Gasteiger partial charge in [-0.3, -0.25) is 9.59 Å². The van der Waals surface area contributed by atoms with Gasteiger partial charge in [-0.05, 0) is 37.8 Å². The first-order valence-corrected chi connectivity index (χ1v) is 8.28. The van der Waals surface area contributed by atoms with Gasteiger partial charge in [0.15, 0.2) is 0 Å². The maximum absolute atomic E-state index is 13.9. The molecule has 1 aromatic carbocycles. The summed E-state index contributed by atoms with van der Waals surface area (Å²) in [5.74, 6) is -2.44. The zero-order valence-corrected chi connectivity index (χ0v) is 14.5. The summed E-state index contributed by atoms with van der Waals surface area (Å²) in [6.45, 7) is 0.172. The lowest BCUT2D eigenvalue weighted by Crippen LogP contribution is -2.46. The van der Waals surface area contributed by atoms with Gasteiger partial charge in [0.1, 0.15) is 23.4 Å². The van der Waals surface area contributed by atoms with Crippen molar-refractivity contribution in [3.63, 3.8) is 0 Å². The number of nitrogens with two attached hydrogens (primary N) is 1. The van der Waals surface area contributed by atoms with E-state index >= 15 is 0 Å². The second-order valence-corrected chi connectivity index (χ2v) is 6.53. The van der Waals surface area contributed by atoms with Crippen LogP contribution in [0.25, 0.3) is 0 Å². The first kappa shape index (κ1) is 19.6. The highest BCUT2D eigenvalue weighted by Crippen LogP contribution is 2.28. The number of benzene rings is 1. The molecular formula is C17H22ClF2N3O2. The third kappa shape index (κ3) is 4.10. The molecule has 3 N–H and O–H groups in total. The first-order valence-electron chi connectivity index (χ1n) is 8.28. The lowest BCUT2D eigenvalue weighted by molar-refractivity contribution is -0.130. The summed E-state index contributed by atoms with van der Waals surface area (Å²) in [5.41, 5.74) is 5.54. The highest BCUT2D eigenvalue weighted by atomic mass is 35.5. The predicted molar refractivity (Wildman–Crippen MR) is 92.4 cm³/mol. The number of para-hydroxylation sites is 1. The van der Waals surface area contributed by atoms with E-state index in [4.69, 9.17) is 5.73 Å². The minimum absolute atomic E-state index is 0. The Morgan fingerprint density at radius 3 is 2.52 bits per heavy atom. The van der Waals surface area contributed by atoms with Crippen LogP contribution in [-0.2, 0) is 9.59 Å². The van der Waals surface area contributed by atoms with Crippen molar-refractivity contribution in [3.05, 3.63) is 29.8 Å². The van der Waals surface area contributed by atoms with Gasteiger partial charge in [-0.25, -0.2) is 8.78 Å². The van der Waals surface area contributed by atoms with E-state index in [0.717, 1.165) is 36.3 Å². The Morgan fingerprint density at radius 2 is 1.88 bits per heavy atom. The summed E-state index contributed by atoms with van der Waals surface area (Å²) < 4.78 is 27.7. The quantitative estimate of drug-likeness (QED) is 0.852. The summed E-state index contributed by atoms with van der Waals surface area (Å²) in [4.78, 5) is 25.9. The molecule has 5 nitrogen and oxygen atoms in total. The molecule has 1 aliphatic heterocycles. The molecule has 2 fully saturated rings. The van der Waals surface area contributed by atoms with Crippen LogP contribution in [0.5, 0.6) is 0 Å². The van der Waals surface area contributed by atoms with Gasteiger partial charge in [0.05, 0.1) is 0 Å². The number of nitrogens with zero attached hydrogens (tertiary/aromatic N) is 1. The Morgan fingerprint density at radius 1 is 1.20 bits per heavy atom. The maximum atomic E-state index is 13.9. The molecular weight excluding hydrogens is 352 g/mol. The van der Waals surface area contributed by atoms with Crippen LogP contribution in [0.2, 0.25) is 0 Å². The van der Waals surface area contributed by atoms with Crippen LogP contribution in [0, 0.1) is 17.6 Å². The average molecular weight is 374 g/mol. The molecule has 1 saturated heterocycles. The number of rotatable bonds is 3. The van der Waals surface area contributed by atoms with Gasteiger partial charge in [0.2, 0.25) is 11.8 Å². The molecule has 1 aromatic rings. The van der Waals surface area contributed by atoms with Crippen LogP contribution in [-0.4, -0.2) is 30.4 Å². The van der Waals surface area contributed by atoms with Crippen molar-refractivity contribution >= 4 is 29.9 Å². The van der Waals surface area contributed by atoms with Gasteiger partial charge in [-0.1, -0.05) is 12.5 Å². The molecule has 8 heteroatoms. The number of hydrogen-bond acceptors (Lipinski definition) is 3. The van der Waals surface area contributed by atoms with Crippen molar-refractivity contribution in [1.29, 1.82) is 0 Å². The van der Waals surface area contributed by atoms with Gasteiger partial charge >= 0.3 is 0 Å². The fourth-order valence-electron chi connectivity index (χ4n) is 3.54. The average Bonchev–Trinajstić information content (AvgIpc) is 2.88. The summed E-state index contributed by atoms with van der Waals surface area (Å²) in [6.07, 6.45) is 3.50. The van der Waals surface area contributed by atoms with Gasteiger partial charge in [0.25, 0.3) is 0 Å². The van der Waals surface area contributed by atoms with E-state index in [0.29, 0.717) is 12.8 Å². The number of anilines is 1. The monoisotopic (exact) mass is 373 g/mol. The molecule has 0 aromatic heterocycles. The number of nitrogens with one attached hydrogen (secondary N) is 1. The van der Waals surface area contributed by atoms with Crippen molar-refractivity contribution in [1.82, 2.24) is 5.32 Å². The topological polar surface area (TPSA) is 75.4 Å². The van der Waals surface area contributed by atoms with Gasteiger partial charge in [0, 0.05) is 18.5 Å². The minimum Gasteiger partial charge on any atom is -0.344 e. The Bertz CT molecular complexity index is 639. The maximum Gasteiger partial charge on any atom is 0.249 e. The van der Waals surface area contributed by atoms with E-state index < -0.39 is 23.6 Å². The van der Waals surface area contributed by atoms with E-state index in [1.807, 2.05) is 0 Å². The zero-order chi connectivity index (χ0) is 17.3. The lowest BCUT2D eigenvalue weighted by atomic mass is 9.85. The molecule has 25 heavy (non-hydrogen) atoms. The molecule has 3 atom stereocenters. The molecule has 138 valence electrons. The SMILES string of the molecule is Cl.NC1CCCC(C(=O)NC2CCN(c3c(F)cccc3F)C2=O)C1. The van der Waals surface area contributed by atoms with E-state index in [2.05, 4.69) is 5.32 Å². The Labute approximate surface area is 151 Å². The van der Waals surface area contributed by atoms with Crippen molar-refractivity contribution in [2.75, 3.05) is 11.4 Å². The van der Waals surface area contributed by atoms with Gasteiger partial charge in [-0.2, -0.15) is 0 Å². The molecule has 3 rings (SSSR count). The van der Waals surface area contributed by atoms with Crippen LogP contribution in [0.15, 0.2) is 18.2 Å². The number of carbonyl (C=O) groups excluding carboxylic acids is 2. The predicted octanol–water partition coefficient (Wildman–Crippen LogP) is 2.13. The summed E-state index contributed by atoms with van der Waals surface area (Å²) in [5, 5.41) is 2.73. The van der Waals surface area contributed by atoms with Gasteiger partial charge in [-0.15, -0.1) is 12.4 Å². The van der Waals surface area contributed by atoms with Crippen molar-refractivity contribution in [2.24, 2.45) is 11.7 Å². The summed E-state index contributed by atoms with van der Waals surface area (Å²) >= 11 is 0. The van der Waals surface area contributed by atoms with E-state index in [1.165, 1.54) is 6.07 Å². The molecule has 1 heterocycles. The van der Waals surface area contributed by atoms with Crippen molar-refractivity contribution in [2.45, 2.75) is 44.2 Å². The number of halogens is 3.